The number of aryl methyl sites for hydroxylation is 2. The second-order valence-corrected chi connectivity index (χ2v) is 6.26. The number of nitrogens with zero attached hydrogens (tertiary/aromatic N) is 1. The fourth-order valence-corrected chi connectivity index (χ4v) is 3.60. The Morgan fingerprint density at radius 1 is 1.24 bits per heavy atom. The molecule has 3 rings (SSSR count). The van der Waals surface area contributed by atoms with Crippen molar-refractivity contribution < 1.29 is 0 Å². The van der Waals surface area contributed by atoms with Crippen LogP contribution in [-0.2, 0) is 26.1 Å². The van der Waals surface area contributed by atoms with E-state index < -0.39 is 0 Å². The summed E-state index contributed by atoms with van der Waals surface area (Å²) in [5.74, 6) is 0. The number of aromatic nitrogens is 1. The maximum absolute atomic E-state index is 6.13. The quantitative estimate of drug-likeness (QED) is 0.885. The Morgan fingerprint density at radius 2 is 1.95 bits per heavy atom. The van der Waals surface area contributed by atoms with Crippen molar-refractivity contribution in [3.8, 4) is 0 Å². The van der Waals surface area contributed by atoms with Gasteiger partial charge in [0.2, 0.25) is 0 Å². The largest absolute Gasteiger partial charge is 0.345 e. The Bertz CT molecular complexity index is 654. The topological polar surface area (TPSA) is 43.0 Å². The van der Waals surface area contributed by atoms with E-state index in [-0.39, 0.29) is 0 Å². The highest BCUT2D eigenvalue weighted by Crippen LogP contribution is 2.31. The minimum Gasteiger partial charge on any atom is -0.345 e. The highest BCUT2D eigenvalue weighted by atomic mass is 15.0. The molecular weight excluding hydrogens is 258 g/mol. The zero-order valence-corrected chi connectivity index (χ0v) is 13.5. The number of nitrogens with one attached hydrogen (secondary N) is 1. The molecule has 21 heavy (non-hydrogen) atoms. The van der Waals surface area contributed by atoms with Crippen LogP contribution in [0.2, 0.25) is 0 Å². The summed E-state index contributed by atoms with van der Waals surface area (Å²) < 4.78 is 2.46. The van der Waals surface area contributed by atoms with Gasteiger partial charge < -0.3 is 15.6 Å². The number of fused-ring (bicyclic) bond motifs is 2. The zero-order chi connectivity index (χ0) is 15.0. The molecule has 1 aromatic carbocycles. The Morgan fingerprint density at radius 3 is 2.62 bits per heavy atom. The molecule has 1 aliphatic heterocycles. The van der Waals surface area contributed by atoms with Crippen LogP contribution in [0, 0.1) is 6.92 Å². The summed E-state index contributed by atoms with van der Waals surface area (Å²) in [6.45, 7) is 9.73. The van der Waals surface area contributed by atoms with Gasteiger partial charge in [-0.05, 0) is 61.9 Å². The van der Waals surface area contributed by atoms with Crippen LogP contribution < -0.4 is 11.1 Å². The Labute approximate surface area is 127 Å². The molecule has 2 aromatic rings. The smallest absolute Gasteiger partial charge is 0.0488 e. The fourth-order valence-electron chi connectivity index (χ4n) is 3.60. The van der Waals surface area contributed by atoms with Gasteiger partial charge in [-0.3, -0.25) is 0 Å². The number of hydrogen-bond acceptors (Lipinski definition) is 2. The predicted molar refractivity (Wildman–Crippen MR) is 89.5 cm³/mol. The molecule has 0 saturated heterocycles. The van der Waals surface area contributed by atoms with Gasteiger partial charge in [0, 0.05) is 42.3 Å². The molecule has 3 heteroatoms. The van der Waals surface area contributed by atoms with Crippen molar-refractivity contribution in [1.29, 1.82) is 0 Å². The molecule has 1 unspecified atom stereocenters. The highest BCUT2D eigenvalue weighted by Gasteiger charge is 2.18. The van der Waals surface area contributed by atoms with Crippen molar-refractivity contribution in [2.45, 2.75) is 65.7 Å². The van der Waals surface area contributed by atoms with Gasteiger partial charge in [0.25, 0.3) is 0 Å². The summed E-state index contributed by atoms with van der Waals surface area (Å²) in [5, 5.41) is 4.90. The van der Waals surface area contributed by atoms with Crippen LogP contribution in [0.4, 0.5) is 0 Å². The lowest BCUT2D eigenvalue weighted by Gasteiger charge is -2.09. The molecule has 0 amide bonds. The van der Waals surface area contributed by atoms with E-state index in [1.807, 2.05) is 0 Å². The average molecular weight is 285 g/mol. The molecule has 0 bridgehead atoms. The minimum atomic E-state index is 0.320. The molecule has 0 aliphatic carbocycles. The van der Waals surface area contributed by atoms with Gasteiger partial charge in [0.15, 0.2) is 0 Å². The van der Waals surface area contributed by atoms with E-state index >= 15 is 0 Å². The molecule has 1 aromatic heterocycles. The Balaban J connectivity index is 2.07. The lowest BCUT2D eigenvalue weighted by Crippen LogP contribution is -2.19. The van der Waals surface area contributed by atoms with Gasteiger partial charge in [0.05, 0.1) is 0 Å². The third-order valence-electron chi connectivity index (χ3n) is 5.01. The molecule has 3 nitrogen and oxygen atoms in total. The summed E-state index contributed by atoms with van der Waals surface area (Å²) >= 11 is 0. The number of rotatable bonds is 5. The van der Waals surface area contributed by atoms with E-state index in [1.54, 1.807) is 0 Å². The monoisotopic (exact) mass is 285 g/mol. The fraction of sp³-hybridized carbons (Fsp3) is 0.556. The molecule has 0 saturated carbocycles. The van der Waals surface area contributed by atoms with Gasteiger partial charge in [-0.25, -0.2) is 0 Å². The number of nitrogens with two attached hydrogens (primary N) is 1. The van der Waals surface area contributed by atoms with Crippen LogP contribution in [0.15, 0.2) is 12.1 Å². The van der Waals surface area contributed by atoms with E-state index in [0.29, 0.717) is 6.04 Å². The molecule has 2 heterocycles. The molecule has 0 fully saturated rings. The van der Waals surface area contributed by atoms with Crippen molar-refractivity contribution in [2.24, 2.45) is 5.73 Å². The maximum atomic E-state index is 6.13. The molecule has 114 valence electrons. The molecule has 0 spiro atoms. The number of hydrogen-bond donors (Lipinski definition) is 2. The van der Waals surface area contributed by atoms with Crippen molar-refractivity contribution in [2.75, 3.05) is 0 Å². The minimum absolute atomic E-state index is 0.320. The lowest BCUT2D eigenvalue weighted by atomic mass is 9.99. The molecular formula is C18H27N3. The third-order valence-corrected chi connectivity index (χ3v) is 5.01. The van der Waals surface area contributed by atoms with Crippen LogP contribution >= 0.6 is 0 Å². The van der Waals surface area contributed by atoms with Crippen LogP contribution in [-0.4, -0.2) is 10.6 Å². The zero-order valence-electron chi connectivity index (χ0n) is 13.5. The summed E-state index contributed by atoms with van der Waals surface area (Å²) in [5.41, 5.74) is 13.4. The normalized spacial score (nSPS) is 15.6. The van der Waals surface area contributed by atoms with E-state index in [0.717, 1.165) is 38.9 Å². The van der Waals surface area contributed by atoms with E-state index in [2.05, 4.69) is 42.8 Å². The highest BCUT2D eigenvalue weighted by molar-refractivity contribution is 5.87. The van der Waals surface area contributed by atoms with E-state index in [9.17, 15) is 0 Å². The molecule has 1 atom stereocenters. The first kappa shape index (κ1) is 14.6. The first-order valence-electron chi connectivity index (χ1n) is 8.25. The first-order valence-corrected chi connectivity index (χ1v) is 8.25. The molecule has 3 N–H and O–H groups in total. The van der Waals surface area contributed by atoms with E-state index in [1.165, 1.54) is 33.3 Å². The summed E-state index contributed by atoms with van der Waals surface area (Å²) in [6, 6.07) is 5.13. The summed E-state index contributed by atoms with van der Waals surface area (Å²) in [7, 11) is 0. The molecule has 1 aliphatic rings. The van der Waals surface area contributed by atoms with Crippen molar-refractivity contribution >= 4 is 10.9 Å². The molecule has 0 radical (unpaired) electrons. The Hall–Kier alpha value is -1.32. The Kier molecular flexibility index (Phi) is 4.05. The summed E-state index contributed by atoms with van der Waals surface area (Å²) in [4.78, 5) is 0. The number of benzene rings is 1. The van der Waals surface area contributed by atoms with Crippen molar-refractivity contribution in [3.05, 3.63) is 34.5 Å². The van der Waals surface area contributed by atoms with Crippen molar-refractivity contribution in [1.82, 2.24) is 9.88 Å². The van der Waals surface area contributed by atoms with Gasteiger partial charge >= 0.3 is 0 Å². The standard InChI is InChI=1S/C18H27N3/c1-4-15(19)6-7-16-12(3)21(5-2)18-9-14-11-20-10-13(14)8-17(16)18/h8-9,15,20H,4-7,10-11,19H2,1-3H3. The van der Waals surface area contributed by atoms with Crippen LogP contribution in [0.25, 0.3) is 10.9 Å². The van der Waals surface area contributed by atoms with Crippen LogP contribution in [0.5, 0.6) is 0 Å². The van der Waals surface area contributed by atoms with Gasteiger partial charge in [-0.1, -0.05) is 6.92 Å². The van der Waals surface area contributed by atoms with Crippen molar-refractivity contribution in [3.63, 3.8) is 0 Å². The predicted octanol–water partition coefficient (Wildman–Crippen LogP) is 3.24. The SMILES string of the molecule is CCC(N)CCc1c(C)n(CC)c2cc3c(cc12)CNC3. The first-order chi connectivity index (χ1) is 10.2. The van der Waals surface area contributed by atoms with Gasteiger partial charge in [-0.2, -0.15) is 0 Å². The van der Waals surface area contributed by atoms with E-state index in [4.69, 9.17) is 5.73 Å². The van der Waals surface area contributed by atoms with Crippen LogP contribution in [0.1, 0.15) is 49.1 Å². The second-order valence-electron chi connectivity index (χ2n) is 6.26. The van der Waals surface area contributed by atoms with Gasteiger partial charge in [-0.15, -0.1) is 0 Å². The lowest BCUT2D eigenvalue weighted by molar-refractivity contribution is 0.594. The van der Waals surface area contributed by atoms with Gasteiger partial charge in [0.1, 0.15) is 0 Å². The maximum Gasteiger partial charge on any atom is 0.0488 e. The summed E-state index contributed by atoms with van der Waals surface area (Å²) in [6.07, 6.45) is 3.23. The third kappa shape index (κ3) is 2.49. The second kappa shape index (κ2) is 5.82. The van der Waals surface area contributed by atoms with Crippen LogP contribution in [0.3, 0.4) is 0 Å². The average Bonchev–Trinajstić information content (AvgIpc) is 3.04.